The van der Waals surface area contributed by atoms with Crippen molar-refractivity contribution in [1.82, 2.24) is 4.90 Å². The molecule has 0 aliphatic carbocycles. The number of hydrogen-bond donors (Lipinski definition) is 2. The first-order chi connectivity index (χ1) is 11.0. The van der Waals surface area contributed by atoms with Crippen LogP contribution in [0.25, 0.3) is 0 Å². The number of carbonyl (C=O) groups excluding carboxylic acids is 2. The Bertz CT molecular complexity index is 816. The average Bonchev–Trinajstić information content (AvgIpc) is 2.78. The Morgan fingerprint density at radius 3 is 2.35 bits per heavy atom. The number of imide groups is 1. The van der Waals surface area contributed by atoms with Crippen LogP contribution in [0.2, 0.25) is 0 Å². The highest BCUT2D eigenvalue weighted by atomic mass is 16.6. The molecule has 0 saturated carbocycles. The summed E-state index contributed by atoms with van der Waals surface area (Å²) in [4.78, 5) is 35.6. The predicted octanol–water partition coefficient (Wildman–Crippen LogP) is 1.97. The first-order valence-electron chi connectivity index (χ1n) is 6.65. The summed E-state index contributed by atoms with van der Waals surface area (Å²) in [5.74, 6) is -0.991. The van der Waals surface area contributed by atoms with Crippen LogP contribution in [0.4, 0.5) is 11.4 Å². The number of nitro groups is 1. The maximum atomic E-state index is 12.3. The van der Waals surface area contributed by atoms with Crippen LogP contribution in [0, 0.1) is 10.1 Å². The molecule has 2 N–H and O–H groups in total. The molecule has 0 fully saturated rings. The zero-order chi connectivity index (χ0) is 16.6. The quantitative estimate of drug-likeness (QED) is 0.386. The fraction of sp³-hybridized carbons (Fsp3) is 0.0667. The van der Waals surface area contributed by atoms with Gasteiger partial charge in [-0.15, -0.1) is 0 Å². The van der Waals surface area contributed by atoms with Crippen LogP contribution < -0.4 is 5.32 Å². The van der Waals surface area contributed by atoms with E-state index in [4.69, 9.17) is 0 Å². The van der Waals surface area contributed by atoms with E-state index in [1.54, 1.807) is 12.1 Å². The van der Waals surface area contributed by atoms with E-state index in [0.717, 1.165) is 11.0 Å². The van der Waals surface area contributed by atoms with E-state index in [9.17, 15) is 24.8 Å². The lowest BCUT2D eigenvalue weighted by Crippen LogP contribution is -2.34. The molecule has 0 radical (unpaired) electrons. The lowest BCUT2D eigenvalue weighted by atomic mass is 10.1. The Kier molecular flexibility index (Phi) is 3.41. The molecule has 0 saturated heterocycles. The lowest BCUT2D eigenvalue weighted by molar-refractivity contribution is -0.384. The zero-order valence-electron chi connectivity index (χ0n) is 11.7. The van der Waals surface area contributed by atoms with Crippen molar-refractivity contribution in [3.05, 3.63) is 63.7 Å². The second-order valence-electron chi connectivity index (χ2n) is 4.91. The number of nitro benzene ring substituents is 1. The Balaban J connectivity index is 1.79. The maximum Gasteiger partial charge on any atom is 0.270 e. The van der Waals surface area contributed by atoms with E-state index in [2.05, 4.69) is 5.32 Å². The minimum atomic E-state index is -0.616. The third-order valence-corrected chi connectivity index (χ3v) is 3.47. The largest absolute Gasteiger partial charge is 0.508 e. The molecule has 1 aliphatic heterocycles. The number of phenolic OH excluding ortho intramolecular Hbond substituents is 1. The number of benzene rings is 2. The van der Waals surface area contributed by atoms with E-state index in [-0.39, 0.29) is 29.2 Å². The second kappa shape index (κ2) is 5.41. The molecular weight excluding hydrogens is 302 g/mol. The molecule has 1 aliphatic rings. The molecule has 8 nitrogen and oxygen atoms in total. The molecule has 0 spiro atoms. The van der Waals surface area contributed by atoms with Crippen molar-refractivity contribution < 1.29 is 19.6 Å². The molecule has 2 aromatic carbocycles. The van der Waals surface area contributed by atoms with Gasteiger partial charge in [0.1, 0.15) is 5.75 Å². The summed E-state index contributed by atoms with van der Waals surface area (Å²) in [7, 11) is 0. The molecule has 2 aromatic rings. The van der Waals surface area contributed by atoms with Crippen molar-refractivity contribution in [1.29, 1.82) is 0 Å². The van der Waals surface area contributed by atoms with E-state index in [1.807, 2.05) is 0 Å². The topological polar surface area (TPSA) is 113 Å². The van der Waals surface area contributed by atoms with Crippen LogP contribution in [-0.2, 0) is 0 Å². The van der Waals surface area contributed by atoms with Crippen LogP contribution in [0.15, 0.2) is 42.5 Å². The van der Waals surface area contributed by atoms with E-state index in [0.29, 0.717) is 5.69 Å². The van der Waals surface area contributed by atoms with Gasteiger partial charge >= 0.3 is 0 Å². The van der Waals surface area contributed by atoms with Gasteiger partial charge in [0, 0.05) is 17.8 Å². The van der Waals surface area contributed by atoms with Crippen LogP contribution in [-0.4, -0.2) is 33.4 Å². The van der Waals surface area contributed by atoms with E-state index in [1.165, 1.54) is 24.3 Å². The molecular formula is C15H11N3O5. The van der Waals surface area contributed by atoms with Crippen molar-refractivity contribution in [3.63, 3.8) is 0 Å². The van der Waals surface area contributed by atoms with Crippen LogP contribution in [0.5, 0.6) is 5.75 Å². The standard InChI is InChI=1S/C15H11N3O5/c19-11-4-1-9(2-5-11)16-8-17-14(20)12-6-3-10(18(22)23)7-13(12)15(17)21/h1-7,16,19H,8H2. The summed E-state index contributed by atoms with van der Waals surface area (Å²) in [5, 5.41) is 22.9. The van der Waals surface area contributed by atoms with E-state index < -0.39 is 16.7 Å². The molecule has 0 unspecified atom stereocenters. The Morgan fingerprint density at radius 2 is 1.70 bits per heavy atom. The third-order valence-electron chi connectivity index (χ3n) is 3.47. The maximum absolute atomic E-state index is 12.3. The molecule has 116 valence electrons. The van der Waals surface area contributed by atoms with Gasteiger partial charge in [0.25, 0.3) is 17.5 Å². The predicted molar refractivity (Wildman–Crippen MR) is 80.2 cm³/mol. The van der Waals surface area contributed by atoms with Gasteiger partial charge in [-0.05, 0) is 30.3 Å². The minimum absolute atomic E-state index is 0.0247. The number of anilines is 1. The van der Waals surface area contributed by atoms with Crippen molar-refractivity contribution in [2.24, 2.45) is 0 Å². The number of non-ortho nitro benzene ring substituents is 1. The number of fused-ring (bicyclic) bond motifs is 1. The summed E-state index contributed by atoms with van der Waals surface area (Å²) in [6, 6.07) is 9.71. The fourth-order valence-electron chi connectivity index (χ4n) is 2.29. The summed E-state index contributed by atoms with van der Waals surface area (Å²) in [5.41, 5.74) is 0.549. The first kappa shape index (κ1) is 14.5. The molecule has 0 aromatic heterocycles. The molecule has 2 amide bonds. The Hall–Kier alpha value is -3.42. The van der Waals surface area contributed by atoms with Gasteiger partial charge in [0.15, 0.2) is 0 Å². The van der Waals surface area contributed by atoms with Gasteiger partial charge in [-0.1, -0.05) is 0 Å². The molecule has 23 heavy (non-hydrogen) atoms. The number of aromatic hydroxyl groups is 1. The van der Waals surface area contributed by atoms with Gasteiger partial charge in [-0.3, -0.25) is 24.6 Å². The number of nitrogens with zero attached hydrogens (tertiary/aromatic N) is 2. The van der Waals surface area contributed by atoms with Gasteiger partial charge in [-0.25, -0.2) is 0 Å². The van der Waals surface area contributed by atoms with E-state index >= 15 is 0 Å². The van der Waals surface area contributed by atoms with Crippen LogP contribution in [0.3, 0.4) is 0 Å². The highest BCUT2D eigenvalue weighted by Gasteiger charge is 2.36. The molecule has 1 heterocycles. The normalized spacial score (nSPS) is 13.1. The molecule has 3 rings (SSSR count). The molecule has 0 atom stereocenters. The van der Waals surface area contributed by atoms with Crippen LogP contribution in [0.1, 0.15) is 20.7 Å². The van der Waals surface area contributed by atoms with Crippen molar-refractivity contribution in [2.45, 2.75) is 0 Å². The van der Waals surface area contributed by atoms with Crippen LogP contribution >= 0.6 is 0 Å². The smallest absolute Gasteiger partial charge is 0.270 e. The molecule has 0 bridgehead atoms. The fourth-order valence-corrected chi connectivity index (χ4v) is 2.29. The number of carbonyl (C=O) groups is 2. The third kappa shape index (κ3) is 2.57. The van der Waals surface area contributed by atoms with Crippen molar-refractivity contribution in [2.75, 3.05) is 12.0 Å². The van der Waals surface area contributed by atoms with Crippen molar-refractivity contribution >= 4 is 23.2 Å². The number of phenols is 1. The Morgan fingerprint density at radius 1 is 1.04 bits per heavy atom. The van der Waals surface area contributed by atoms with Gasteiger partial charge in [0.2, 0.25) is 0 Å². The molecule has 8 heteroatoms. The van der Waals surface area contributed by atoms with Gasteiger partial charge < -0.3 is 10.4 Å². The second-order valence-corrected chi connectivity index (χ2v) is 4.91. The average molecular weight is 313 g/mol. The number of hydrogen-bond acceptors (Lipinski definition) is 6. The minimum Gasteiger partial charge on any atom is -0.508 e. The summed E-state index contributed by atoms with van der Waals surface area (Å²) in [6.45, 7) is -0.0785. The summed E-state index contributed by atoms with van der Waals surface area (Å²) < 4.78 is 0. The highest BCUT2D eigenvalue weighted by Crippen LogP contribution is 2.26. The first-order valence-corrected chi connectivity index (χ1v) is 6.65. The zero-order valence-corrected chi connectivity index (χ0v) is 11.7. The SMILES string of the molecule is O=C1c2ccc([N+](=O)[O-])cc2C(=O)N1CNc1ccc(O)cc1. The highest BCUT2D eigenvalue weighted by molar-refractivity contribution is 6.21. The van der Waals surface area contributed by atoms with Gasteiger partial charge in [-0.2, -0.15) is 0 Å². The van der Waals surface area contributed by atoms with Crippen molar-refractivity contribution in [3.8, 4) is 5.75 Å². The monoisotopic (exact) mass is 313 g/mol. The number of amides is 2. The lowest BCUT2D eigenvalue weighted by Gasteiger charge is -2.15. The number of rotatable bonds is 4. The number of nitrogens with one attached hydrogen (secondary N) is 1. The summed E-state index contributed by atoms with van der Waals surface area (Å²) >= 11 is 0. The summed E-state index contributed by atoms with van der Waals surface area (Å²) in [6.07, 6.45) is 0. The van der Waals surface area contributed by atoms with Gasteiger partial charge in [0.05, 0.1) is 22.7 Å². The Labute approximate surface area is 130 Å².